The molecule has 100 valence electrons. The van der Waals surface area contributed by atoms with E-state index in [0.717, 1.165) is 17.8 Å². The van der Waals surface area contributed by atoms with Gasteiger partial charge in [-0.3, -0.25) is 4.99 Å². The number of aliphatic imine (C=N–C) groups is 1. The second kappa shape index (κ2) is 4.47. The van der Waals surface area contributed by atoms with Gasteiger partial charge in [-0.25, -0.2) is 0 Å². The van der Waals surface area contributed by atoms with Crippen LogP contribution in [0.1, 0.15) is 50.5 Å². The van der Waals surface area contributed by atoms with Crippen molar-refractivity contribution in [3.8, 4) is 0 Å². The summed E-state index contributed by atoms with van der Waals surface area (Å²) in [6, 6.07) is 10.6. The summed E-state index contributed by atoms with van der Waals surface area (Å²) >= 11 is 0. The number of rotatable bonds is 2. The van der Waals surface area contributed by atoms with E-state index >= 15 is 0 Å². The van der Waals surface area contributed by atoms with Gasteiger partial charge in [0.1, 0.15) is 0 Å². The highest BCUT2D eigenvalue weighted by atomic mass is 14.9. The third-order valence-corrected chi connectivity index (χ3v) is 5.75. The van der Waals surface area contributed by atoms with E-state index in [9.17, 15) is 0 Å². The van der Waals surface area contributed by atoms with Gasteiger partial charge < -0.3 is 0 Å². The first kappa shape index (κ1) is 11.7. The zero-order valence-corrected chi connectivity index (χ0v) is 11.6. The zero-order valence-electron chi connectivity index (χ0n) is 11.6. The summed E-state index contributed by atoms with van der Waals surface area (Å²) in [5.41, 5.74) is 1.56. The minimum Gasteiger partial charge on any atom is -0.286 e. The summed E-state index contributed by atoms with van der Waals surface area (Å²) in [6.45, 7) is 0. The van der Waals surface area contributed by atoms with Crippen molar-refractivity contribution in [2.75, 3.05) is 0 Å². The van der Waals surface area contributed by atoms with E-state index in [4.69, 9.17) is 4.99 Å². The SMILES string of the molecule is C(=N\C12CCCC3CC(CC3C1)C2)/c1ccccc1. The summed E-state index contributed by atoms with van der Waals surface area (Å²) in [5, 5.41) is 0. The minimum absolute atomic E-state index is 0.300. The monoisotopic (exact) mass is 253 g/mol. The maximum Gasteiger partial charge on any atom is 0.0613 e. The van der Waals surface area contributed by atoms with E-state index in [0.29, 0.717) is 5.54 Å². The molecule has 0 saturated heterocycles. The molecule has 0 heterocycles. The molecule has 3 aliphatic rings. The molecule has 4 unspecified atom stereocenters. The van der Waals surface area contributed by atoms with Gasteiger partial charge in [0, 0.05) is 6.21 Å². The summed E-state index contributed by atoms with van der Waals surface area (Å²) in [7, 11) is 0. The smallest absolute Gasteiger partial charge is 0.0613 e. The molecule has 0 radical (unpaired) electrons. The molecular weight excluding hydrogens is 230 g/mol. The van der Waals surface area contributed by atoms with Gasteiger partial charge in [-0.1, -0.05) is 43.2 Å². The highest BCUT2D eigenvalue weighted by Crippen LogP contribution is 2.56. The molecular formula is C18H23N. The molecule has 1 aromatic carbocycles. The van der Waals surface area contributed by atoms with E-state index < -0.39 is 0 Å². The average Bonchev–Trinajstić information content (AvgIpc) is 2.65. The van der Waals surface area contributed by atoms with E-state index in [1.807, 2.05) is 0 Å². The summed E-state index contributed by atoms with van der Waals surface area (Å²) in [6.07, 6.45) is 12.1. The standard InChI is InChI=1S/C18H23N/c1-2-5-14(6-3-1)13-19-18-8-4-7-16-9-15(11-18)10-17(16)12-18/h1-3,5-6,13,15-17H,4,7-12H2/b19-13+. The molecule has 0 amide bonds. The molecule has 0 aliphatic heterocycles. The fourth-order valence-electron chi connectivity index (χ4n) is 5.03. The third-order valence-electron chi connectivity index (χ3n) is 5.75. The van der Waals surface area contributed by atoms with Crippen LogP contribution in [0.2, 0.25) is 0 Å². The molecule has 3 fully saturated rings. The van der Waals surface area contributed by atoms with Gasteiger partial charge >= 0.3 is 0 Å². The molecule has 19 heavy (non-hydrogen) atoms. The van der Waals surface area contributed by atoms with Crippen molar-refractivity contribution in [3.05, 3.63) is 35.9 Å². The van der Waals surface area contributed by atoms with Crippen LogP contribution in [0.25, 0.3) is 0 Å². The lowest BCUT2D eigenvalue weighted by Crippen LogP contribution is -2.34. The van der Waals surface area contributed by atoms with Crippen molar-refractivity contribution in [2.24, 2.45) is 22.7 Å². The van der Waals surface area contributed by atoms with Crippen molar-refractivity contribution < 1.29 is 0 Å². The van der Waals surface area contributed by atoms with Crippen molar-refractivity contribution >= 4 is 6.21 Å². The van der Waals surface area contributed by atoms with Gasteiger partial charge in [-0.05, 0) is 55.4 Å². The Morgan fingerprint density at radius 2 is 1.89 bits per heavy atom. The first-order valence-corrected chi connectivity index (χ1v) is 7.93. The molecule has 0 spiro atoms. The Bertz CT molecular complexity index is 478. The van der Waals surface area contributed by atoms with Gasteiger partial charge in [0.15, 0.2) is 0 Å². The number of benzene rings is 1. The molecule has 0 N–H and O–H groups in total. The maximum atomic E-state index is 5.12. The van der Waals surface area contributed by atoms with E-state index in [2.05, 4.69) is 36.5 Å². The first-order chi connectivity index (χ1) is 9.33. The van der Waals surface area contributed by atoms with Crippen LogP contribution in [0.4, 0.5) is 0 Å². The Morgan fingerprint density at radius 3 is 2.79 bits per heavy atom. The zero-order chi connectivity index (χ0) is 12.7. The van der Waals surface area contributed by atoms with Crippen molar-refractivity contribution in [1.82, 2.24) is 0 Å². The third kappa shape index (κ3) is 2.13. The van der Waals surface area contributed by atoms with Crippen LogP contribution in [0.3, 0.4) is 0 Å². The molecule has 3 aliphatic carbocycles. The van der Waals surface area contributed by atoms with Crippen molar-refractivity contribution in [2.45, 2.75) is 50.5 Å². The van der Waals surface area contributed by atoms with Crippen LogP contribution < -0.4 is 0 Å². The Morgan fingerprint density at radius 1 is 1.05 bits per heavy atom. The molecule has 0 aromatic heterocycles. The van der Waals surface area contributed by atoms with Crippen LogP contribution >= 0.6 is 0 Å². The largest absolute Gasteiger partial charge is 0.286 e. The van der Waals surface area contributed by atoms with Crippen LogP contribution in [-0.4, -0.2) is 11.8 Å². The summed E-state index contributed by atoms with van der Waals surface area (Å²) in [5.74, 6) is 3.02. The number of hydrogen-bond acceptors (Lipinski definition) is 1. The normalized spacial score (nSPS) is 40.7. The van der Waals surface area contributed by atoms with E-state index in [-0.39, 0.29) is 0 Å². The minimum atomic E-state index is 0.300. The predicted molar refractivity (Wildman–Crippen MR) is 79.6 cm³/mol. The van der Waals surface area contributed by atoms with Gasteiger partial charge in [-0.15, -0.1) is 0 Å². The number of nitrogens with zero attached hydrogens (tertiary/aromatic N) is 1. The second-order valence-electron chi connectivity index (χ2n) is 7.05. The highest BCUT2D eigenvalue weighted by molar-refractivity contribution is 5.79. The first-order valence-electron chi connectivity index (χ1n) is 7.93. The Hall–Kier alpha value is -1.11. The fraction of sp³-hybridized carbons (Fsp3) is 0.611. The second-order valence-corrected chi connectivity index (χ2v) is 7.05. The predicted octanol–water partition coefficient (Wildman–Crippen LogP) is 4.46. The maximum absolute atomic E-state index is 5.12. The molecule has 3 bridgehead atoms. The summed E-state index contributed by atoms with van der Waals surface area (Å²) < 4.78 is 0. The number of hydrogen-bond donors (Lipinski definition) is 0. The molecule has 1 aromatic rings. The molecule has 3 saturated carbocycles. The Labute approximate surface area is 116 Å². The lowest BCUT2D eigenvalue weighted by atomic mass is 9.74. The van der Waals surface area contributed by atoms with Crippen molar-refractivity contribution in [3.63, 3.8) is 0 Å². The van der Waals surface area contributed by atoms with E-state index in [1.165, 1.54) is 50.5 Å². The highest BCUT2D eigenvalue weighted by Gasteiger charge is 2.49. The lowest BCUT2D eigenvalue weighted by Gasteiger charge is -2.37. The van der Waals surface area contributed by atoms with Crippen LogP contribution in [-0.2, 0) is 0 Å². The quantitative estimate of drug-likeness (QED) is 0.690. The van der Waals surface area contributed by atoms with Crippen LogP contribution in [0.15, 0.2) is 35.3 Å². The lowest BCUT2D eigenvalue weighted by molar-refractivity contribution is 0.214. The molecule has 4 atom stereocenters. The Balaban J connectivity index is 1.61. The Kier molecular flexibility index (Phi) is 2.75. The van der Waals surface area contributed by atoms with Crippen molar-refractivity contribution in [1.29, 1.82) is 0 Å². The van der Waals surface area contributed by atoms with Gasteiger partial charge in [0.25, 0.3) is 0 Å². The molecule has 1 nitrogen and oxygen atoms in total. The fourth-order valence-corrected chi connectivity index (χ4v) is 5.03. The summed E-state index contributed by atoms with van der Waals surface area (Å²) in [4.78, 5) is 5.12. The topological polar surface area (TPSA) is 12.4 Å². The molecule has 4 rings (SSSR count). The van der Waals surface area contributed by atoms with Crippen LogP contribution in [0, 0.1) is 17.8 Å². The van der Waals surface area contributed by atoms with Crippen LogP contribution in [0.5, 0.6) is 0 Å². The van der Waals surface area contributed by atoms with Gasteiger partial charge in [0.2, 0.25) is 0 Å². The number of fused-ring (bicyclic) bond motifs is 2. The average molecular weight is 253 g/mol. The molecule has 1 heteroatoms. The van der Waals surface area contributed by atoms with E-state index in [1.54, 1.807) is 0 Å². The van der Waals surface area contributed by atoms with Gasteiger partial charge in [0.05, 0.1) is 5.54 Å². The van der Waals surface area contributed by atoms with Gasteiger partial charge in [-0.2, -0.15) is 0 Å².